The Morgan fingerprint density at radius 2 is 1.93 bits per heavy atom. The number of hydrogen-bond donors (Lipinski definition) is 1. The van der Waals surface area contributed by atoms with Crippen molar-refractivity contribution in [2.75, 3.05) is 42.5 Å². The van der Waals surface area contributed by atoms with Crippen molar-refractivity contribution < 1.29 is 9.13 Å². The molecule has 11 heteroatoms. The van der Waals surface area contributed by atoms with Crippen LogP contribution < -0.4 is 19.9 Å². The van der Waals surface area contributed by atoms with Gasteiger partial charge in [-0.3, -0.25) is 0 Å². The van der Waals surface area contributed by atoms with E-state index in [9.17, 15) is 4.39 Å². The Hall–Kier alpha value is -3.94. The Morgan fingerprint density at radius 1 is 1.10 bits per heavy atom. The fourth-order valence-electron chi connectivity index (χ4n) is 5.87. The van der Waals surface area contributed by atoms with Crippen molar-refractivity contribution >= 4 is 33.9 Å². The lowest BCUT2D eigenvalue weighted by atomic mass is 9.89. The first-order valence-corrected chi connectivity index (χ1v) is 14.4. The van der Waals surface area contributed by atoms with E-state index < -0.39 is 5.82 Å². The molecule has 1 saturated heterocycles. The molecule has 2 aromatic carbocycles. The van der Waals surface area contributed by atoms with Crippen LogP contribution in [0.15, 0.2) is 49.1 Å². The monoisotopic (exact) mass is 574 g/mol. The molecule has 2 aromatic heterocycles. The molecule has 1 N–H and O–H groups in total. The van der Waals surface area contributed by atoms with E-state index in [1.54, 1.807) is 18.3 Å². The van der Waals surface area contributed by atoms with Crippen molar-refractivity contribution in [3.05, 3.63) is 71.2 Å². The van der Waals surface area contributed by atoms with Crippen LogP contribution in [0.2, 0.25) is 5.02 Å². The summed E-state index contributed by atoms with van der Waals surface area (Å²) in [7, 11) is 0. The molecule has 2 unspecified atom stereocenters. The van der Waals surface area contributed by atoms with E-state index in [0.29, 0.717) is 12.6 Å². The summed E-state index contributed by atoms with van der Waals surface area (Å²) in [6.45, 7) is 6.42. The summed E-state index contributed by atoms with van der Waals surface area (Å²) in [5.41, 5.74) is 3.05. The van der Waals surface area contributed by atoms with E-state index >= 15 is 0 Å². The first-order chi connectivity index (χ1) is 20.1. The highest BCUT2D eigenvalue weighted by Crippen LogP contribution is 2.39. The van der Waals surface area contributed by atoms with E-state index in [-0.39, 0.29) is 17.2 Å². The standard InChI is InChI=1S/C28H29ClFN7O.C2H3N/c29-26-20(30)5-4-18-2-1-3-23(25(18)26)36-12-8-19-21(16-36)33-28(34-27(19)35-13-9-31-10-14-35)38-24-7-6-22(24)37-15-11-32-17-37;1-2-3/h1-5,11,15,17,22,24,31H,6-10,12-14,16H2;1H3. The Kier molecular flexibility index (Phi) is 7.90. The Labute approximate surface area is 243 Å². The second-order valence-electron chi connectivity index (χ2n) is 10.4. The molecule has 1 saturated carbocycles. The molecule has 1 aliphatic carbocycles. The number of fused-ring (bicyclic) bond motifs is 2. The van der Waals surface area contributed by atoms with Gasteiger partial charge in [-0.2, -0.15) is 15.2 Å². The number of piperazine rings is 1. The maximum Gasteiger partial charge on any atom is 0.319 e. The third-order valence-corrected chi connectivity index (χ3v) is 8.40. The first-order valence-electron chi connectivity index (χ1n) is 14.0. The van der Waals surface area contributed by atoms with Gasteiger partial charge in [0.1, 0.15) is 17.7 Å². The number of rotatable bonds is 5. The molecule has 0 amide bonds. The number of hydrogen-bond acceptors (Lipinski definition) is 8. The third kappa shape index (κ3) is 5.39. The fourth-order valence-corrected chi connectivity index (χ4v) is 6.14. The maximum absolute atomic E-state index is 14.4. The molecule has 2 atom stereocenters. The van der Waals surface area contributed by atoms with E-state index in [4.69, 9.17) is 31.6 Å². The molecule has 212 valence electrons. The third-order valence-electron chi connectivity index (χ3n) is 8.03. The van der Waals surface area contributed by atoms with Gasteiger partial charge in [0.25, 0.3) is 0 Å². The number of imidazole rings is 1. The number of anilines is 2. The predicted molar refractivity (Wildman–Crippen MR) is 157 cm³/mol. The molecule has 7 rings (SSSR count). The second kappa shape index (κ2) is 11.9. The van der Waals surface area contributed by atoms with Gasteiger partial charge in [0.05, 0.1) is 35.7 Å². The summed E-state index contributed by atoms with van der Waals surface area (Å²) in [5.74, 6) is 0.572. The SMILES string of the molecule is CC#N.Fc1ccc2cccc(N3CCc4c(nc(OC5CCC5n5ccnc5)nc4N4CCNCC4)C3)c2c1Cl. The number of ether oxygens (including phenoxy) is 1. The summed E-state index contributed by atoms with van der Waals surface area (Å²) in [5, 5.41) is 12.6. The minimum atomic E-state index is -0.407. The van der Waals surface area contributed by atoms with Crippen LogP contribution in [0.25, 0.3) is 10.8 Å². The molecule has 3 aliphatic rings. The molecule has 0 bridgehead atoms. The number of nitrogens with one attached hydrogen (secondary N) is 1. The summed E-state index contributed by atoms with van der Waals surface area (Å²) in [6.07, 6.45) is 8.43. The summed E-state index contributed by atoms with van der Waals surface area (Å²) < 4.78 is 23.0. The lowest BCUT2D eigenvalue weighted by molar-refractivity contribution is 0.0453. The molecular formula is C30H32ClFN8O. The van der Waals surface area contributed by atoms with Crippen LogP contribution in [-0.2, 0) is 13.0 Å². The molecule has 4 aromatic rings. The predicted octanol–water partition coefficient (Wildman–Crippen LogP) is 4.90. The molecule has 0 spiro atoms. The zero-order valence-electron chi connectivity index (χ0n) is 22.9. The van der Waals surface area contributed by atoms with Crippen molar-refractivity contribution in [1.82, 2.24) is 24.8 Å². The zero-order chi connectivity index (χ0) is 28.3. The largest absolute Gasteiger partial charge is 0.458 e. The molecule has 0 radical (unpaired) electrons. The quantitative estimate of drug-likeness (QED) is 0.359. The van der Waals surface area contributed by atoms with Gasteiger partial charge in [-0.25, -0.2) is 9.37 Å². The summed E-state index contributed by atoms with van der Waals surface area (Å²) >= 11 is 6.47. The molecular weight excluding hydrogens is 543 g/mol. The number of nitrogens with zero attached hydrogens (tertiary/aromatic N) is 7. The van der Waals surface area contributed by atoms with E-state index in [1.165, 1.54) is 18.6 Å². The Balaban J connectivity index is 0.000000967. The van der Waals surface area contributed by atoms with Crippen molar-refractivity contribution in [3.63, 3.8) is 0 Å². The average Bonchev–Trinajstić information content (AvgIpc) is 3.51. The van der Waals surface area contributed by atoms with Gasteiger partial charge in [-0.05, 0) is 36.8 Å². The smallest absolute Gasteiger partial charge is 0.319 e. The molecule has 9 nitrogen and oxygen atoms in total. The van der Waals surface area contributed by atoms with Crippen molar-refractivity contribution in [2.24, 2.45) is 0 Å². The molecule has 2 aliphatic heterocycles. The highest BCUT2D eigenvalue weighted by molar-refractivity contribution is 6.36. The van der Waals surface area contributed by atoms with E-state index in [2.05, 4.69) is 24.7 Å². The van der Waals surface area contributed by atoms with Crippen molar-refractivity contribution in [2.45, 2.75) is 44.9 Å². The highest BCUT2D eigenvalue weighted by Gasteiger charge is 2.36. The highest BCUT2D eigenvalue weighted by atomic mass is 35.5. The molecule has 2 fully saturated rings. The molecule has 41 heavy (non-hydrogen) atoms. The van der Waals surface area contributed by atoms with Crippen LogP contribution in [0.4, 0.5) is 15.9 Å². The Bertz CT molecular complexity index is 1570. The topological polar surface area (TPSA) is 95.1 Å². The lowest BCUT2D eigenvalue weighted by Crippen LogP contribution is -2.45. The summed E-state index contributed by atoms with van der Waals surface area (Å²) in [4.78, 5) is 18.7. The van der Waals surface area contributed by atoms with E-state index in [1.807, 2.05) is 30.7 Å². The first kappa shape index (κ1) is 27.2. The second-order valence-corrected chi connectivity index (χ2v) is 10.8. The van der Waals surface area contributed by atoms with Gasteiger partial charge in [0.2, 0.25) is 0 Å². The fraction of sp³-hybridized carbons (Fsp3) is 0.400. The van der Waals surface area contributed by atoms with Crippen molar-refractivity contribution in [1.29, 1.82) is 5.26 Å². The van der Waals surface area contributed by atoms with Crippen LogP contribution in [0, 0.1) is 17.1 Å². The zero-order valence-corrected chi connectivity index (χ0v) is 23.7. The van der Waals surface area contributed by atoms with Crippen LogP contribution in [0.3, 0.4) is 0 Å². The van der Waals surface area contributed by atoms with Gasteiger partial charge in [0.15, 0.2) is 0 Å². The van der Waals surface area contributed by atoms with Crippen molar-refractivity contribution in [3.8, 4) is 12.1 Å². The lowest BCUT2D eigenvalue weighted by Gasteiger charge is -2.38. The number of benzene rings is 2. The maximum atomic E-state index is 14.4. The van der Waals surface area contributed by atoms with Gasteiger partial charge >= 0.3 is 6.01 Å². The normalized spacial score (nSPS) is 20.0. The summed E-state index contributed by atoms with van der Waals surface area (Å²) in [6, 6.07) is 11.6. The number of aromatic nitrogens is 4. The minimum Gasteiger partial charge on any atom is -0.458 e. The Morgan fingerprint density at radius 3 is 2.66 bits per heavy atom. The average molecular weight is 575 g/mol. The van der Waals surface area contributed by atoms with Crippen LogP contribution in [0.1, 0.15) is 37.1 Å². The van der Waals surface area contributed by atoms with Gasteiger partial charge in [-0.1, -0.05) is 29.8 Å². The van der Waals surface area contributed by atoms with Gasteiger partial charge in [0, 0.05) is 68.7 Å². The number of nitriles is 1. The minimum absolute atomic E-state index is 0.0117. The van der Waals surface area contributed by atoms with E-state index in [0.717, 1.165) is 80.0 Å². The van der Waals surface area contributed by atoms with Crippen LogP contribution >= 0.6 is 11.6 Å². The van der Waals surface area contributed by atoms with Crippen LogP contribution in [0.5, 0.6) is 6.01 Å². The van der Waals surface area contributed by atoms with Gasteiger partial charge in [-0.15, -0.1) is 0 Å². The van der Waals surface area contributed by atoms with Crippen LogP contribution in [-0.4, -0.2) is 58.3 Å². The number of halogens is 2. The molecule has 4 heterocycles. The van der Waals surface area contributed by atoms with Gasteiger partial charge < -0.3 is 24.4 Å².